The summed E-state index contributed by atoms with van der Waals surface area (Å²) >= 11 is 6.41. The quantitative estimate of drug-likeness (QED) is 0.162. The number of aryl methyl sites for hydroxylation is 1. The first-order valence-electron chi connectivity index (χ1n) is 15.6. The van der Waals surface area contributed by atoms with Crippen LogP contribution in [0.5, 0.6) is 5.75 Å². The fourth-order valence-corrected chi connectivity index (χ4v) is 6.17. The number of pyridine rings is 1. The third-order valence-electron chi connectivity index (χ3n) is 8.73. The molecule has 7 nitrogen and oxygen atoms in total. The zero-order chi connectivity index (χ0) is 33.4. The van der Waals surface area contributed by atoms with E-state index < -0.39 is 5.54 Å². The largest absolute Gasteiger partial charge is 0.488 e. The molecule has 6 aromatic rings. The molecule has 7 rings (SSSR count). The summed E-state index contributed by atoms with van der Waals surface area (Å²) in [5, 5.41) is 7.09. The van der Waals surface area contributed by atoms with Crippen LogP contribution >= 0.6 is 11.6 Å². The molecular formula is C39H31ClFN3O4. The molecule has 2 N–H and O–H groups in total. The van der Waals surface area contributed by atoms with Crippen molar-refractivity contribution in [2.24, 2.45) is 0 Å². The highest BCUT2D eigenvalue weighted by atomic mass is 35.5. The molecule has 9 heteroatoms. The summed E-state index contributed by atoms with van der Waals surface area (Å²) in [4.78, 5) is 31.8. The predicted molar refractivity (Wildman–Crippen MR) is 184 cm³/mol. The van der Waals surface area contributed by atoms with Gasteiger partial charge in [0.25, 0.3) is 11.8 Å². The Kier molecular flexibility index (Phi) is 8.19. The molecule has 1 aliphatic rings. The lowest BCUT2D eigenvalue weighted by Gasteiger charge is -2.20. The number of halogens is 2. The summed E-state index contributed by atoms with van der Waals surface area (Å²) < 4.78 is 26.1. The maximum Gasteiger partial charge on any atom is 0.255 e. The normalized spacial score (nSPS) is 13.2. The summed E-state index contributed by atoms with van der Waals surface area (Å²) in [5.74, 6) is -0.261. The highest BCUT2D eigenvalue weighted by molar-refractivity contribution is 6.31. The van der Waals surface area contributed by atoms with Crippen LogP contribution < -0.4 is 15.4 Å². The minimum atomic E-state index is -0.543. The Labute approximate surface area is 281 Å². The van der Waals surface area contributed by atoms with Crippen LogP contribution in [0.1, 0.15) is 50.4 Å². The van der Waals surface area contributed by atoms with Crippen molar-refractivity contribution >= 4 is 34.4 Å². The number of hydrogen-bond donors (Lipinski definition) is 2. The standard InChI is InChI=1S/C39H31ClFN3O4/c1-23-19-33(47-22-26-7-3-4-8-31(26)40)30(37(45)44-39(16-17-39)34-9-5-6-18-43-34)21-28(23)25-12-15-32-29(20-25)35(38(46)42-2)36(48-32)24-10-13-27(41)14-11-24/h3-15,18-21H,16-17,22H2,1-2H3,(H,42,46)(H,44,45). The first kappa shape index (κ1) is 31.1. The van der Waals surface area contributed by atoms with Crippen LogP contribution in [0.25, 0.3) is 33.4 Å². The van der Waals surface area contributed by atoms with Crippen molar-refractivity contribution in [3.8, 4) is 28.2 Å². The van der Waals surface area contributed by atoms with Gasteiger partial charge in [-0.25, -0.2) is 4.39 Å². The molecule has 0 saturated heterocycles. The lowest BCUT2D eigenvalue weighted by molar-refractivity contribution is 0.0923. The van der Waals surface area contributed by atoms with Gasteiger partial charge in [-0.15, -0.1) is 0 Å². The molecule has 48 heavy (non-hydrogen) atoms. The number of carbonyl (C=O) groups excluding carboxylic acids is 2. The van der Waals surface area contributed by atoms with E-state index in [0.717, 1.165) is 40.8 Å². The average Bonchev–Trinajstić information content (AvgIpc) is 3.79. The highest BCUT2D eigenvalue weighted by Gasteiger charge is 2.47. The van der Waals surface area contributed by atoms with E-state index in [-0.39, 0.29) is 24.2 Å². The minimum Gasteiger partial charge on any atom is -0.488 e. The molecule has 2 heterocycles. The van der Waals surface area contributed by atoms with Gasteiger partial charge in [-0.1, -0.05) is 41.9 Å². The van der Waals surface area contributed by atoms with Crippen molar-refractivity contribution in [2.75, 3.05) is 7.05 Å². The van der Waals surface area contributed by atoms with Gasteiger partial charge >= 0.3 is 0 Å². The fraction of sp³-hybridized carbons (Fsp3) is 0.154. The molecule has 1 aliphatic carbocycles. The maximum atomic E-state index is 14.1. The van der Waals surface area contributed by atoms with Crippen molar-refractivity contribution in [1.29, 1.82) is 0 Å². The number of ether oxygens (including phenoxy) is 1. The molecule has 4 aromatic carbocycles. The second-order valence-corrected chi connectivity index (χ2v) is 12.3. The van der Waals surface area contributed by atoms with Crippen molar-refractivity contribution in [1.82, 2.24) is 15.6 Å². The zero-order valence-electron chi connectivity index (χ0n) is 26.3. The van der Waals surface area contributed by atoms with E-state index in [1.165, 1.54) is 12.1 Å². The van der Waals surface area contributed by atoms with Gasteiger partial charge in [0, 0.05) is 34.8 Å². The zero-order valence-corrected chi connectivity index (χ0v) is 27.0. The van der Waals surface area contributed by atoms with Crippen molar-refractivity contribution in [3.63, 3.8) is 0 Å². The summed E-state index contributed by atoms with van der Waals surface area (Å²) in [5.41, 5.74) is 5.24. The third-order valence-corrected chi connectivity index (χ3v) is 9.10. The molecule has 2 amide bonds. The number of hydrogen-bond acceptors (Lipinski definition) is 5. The highest BCUT2D eigenvalue weighted by Crippen LogP contribution is 2.45. The number of nitrogens with zero attached hydrogens (tertiary/aromatic N) is 1. The number of aromatic nitrogens is 1. The number of benzene rings is 4. The smallest absolute Gasteiger partial charge is 0.255 e. The van der Waals surface area contributed by atoms with Gasteiger partial charge in [-0.05, 0) is 103 Å². The van der Waals surface area contributed by atoms with E-state index in [4.69, 9.17) is 20.8 Å². The van der Waals surface area contributed by atoms with Crippen LogP contribution in [0.3, 0.4) is 0 Å². The van der Waals surface area contributed by atoms with E-state index in [0.29, 0.717) is 44.2 Å². The minimum absolute atomic E-state index is 0.173. The van der Waals surface area contributed by atoms with Gasteiger partial charge in [0.05, 0.1) is 22.4 Å². The lowest BCUT2D eigenvalue weighted by atomic mass is 9.94. The second kappa shape index (κ2) is 12.6. The SMILES string of the molecule is CNC(=O)c1c(-c2ccc(F)cc2)oc2ccc(-c3cc(C(=O)NC4(c5ccccn5)CC4)c(OCc4ccccc4Cl)cc3C)cc12. The van der Waals surface area contributed by atoms with Gasteiger partial charge in [-0.2, -0.15) is 0 Å². The number of furan rings is 1. The van der Waals surface area contributed by atoms with E-state index in [9.17, 15) is 14.0 Å². The number of nitrogens with one attached hydrogen (secondary N) is 2. The van der Waals surface area contributed by atoms with Crippen molar-refractivity contribution < 1.29 is 23.1 Å². The van der Waals surface area contributed by atoms with Crippen LogP contribution in [0.15, 0.2) is 108 Å². The summed E-state index contributed by atoms with van der Waals surface area (Å²) in [6.45, 7) is 2.12. The van der Waals surface area contributed by atoms with Crippen LogP contribution in [-0.2, 0) is 12.1 Å². The van der Waals surface area contributed by atoms with Gasteiger partial charge in [0.1, 0.15) is 29.5 Å². The first-order valence-corrected chi connectivity index (χ1v) is 15.9. The number of carbonyl (C=O) groups is 2. The molecule has 0 aliphatic heterocycles. The first-order chi connectivity index (χ1) is 23.3. The van der Waals surface area contributed by atoms with Gasteiger partial charge in [-0.3, -0.25) is 14.6 Å². The second-order valence-electron chi connectivity index (χ2n) is 11.9. The molecule has 0 atom stereocenters. The predicted octanol–water partition coefficient (Wildman–Crippen LogP) is 8.62. The van der Waals surface area contributed by atoms with Crippen LogP contribution in [-0.4, -0.2) is 23.8 Å². The number of fused-ring (bicyclic) bond motifs is 1. The van der Waals surface area contributed by atoms with Gasteiger partial charge in [0.2, 0.25) is 0 Å². The molecule has 0 spiro atoms. The molecular weight excluding hydrogens is 629 g/mol. The Balaban J connectivity index is 1.31. The molecule has 1 fully saturated rings. The van der Waals surface area contributed by atoms with E-state index in [1.807, 2.05) is 67.6 Å². The average molecular weight is 660 g/mol. The molecule has 0 radical (unpaired) electrons. The van der Waals surface area contributed by atoms with E-state index in [2.05, 4.69) is 15.6 Å². The maximum absolute atomic E-state index is 14.1. The van der Waals surface area contributed by atoms with E-state index >= 15 is 0 Å². The van der Waals surface area contributed by atoms with Crippen LogP contribution in [0.2, 0.25) is 5.02 Å². The third kappa shape index (κ3) is 5.91. The Hall–Kier alpha value is -5.47. The lowest BCUT2D eigenvalue weighted by Crippen LogP contribution is -2.35. The van der Waals surface area contributed by atoms with E-state index in [1.54, 1.807) is 37.5 Å². The van der Waals surface area contributed by atoms with Crippen LogP contribution in [0.4, 0.5) is 4.39 Å². The molecule has 1 saturated carbocycles. The number of rotatable bonds is 9. The van der Waals surface area contributed by atoms with Gasteiger partial charge in [0.15, 0.2) is 0 Å². The molecule has 2 aromatic heterocycles. The Morgan fingerprint density at radius 2 is 1.69 bits per heavy atom. The van der Waals surface area contributed by atoms with Crippen molar-refractivity contribution in [2.45, 2.75) is 31.9 Å². The summed E-state index contributed by atoms with van der Waals surface area (Å²) in [6.07, 6.45) is 3.28. The summed E-state index contributed by atoms with van der Waals surface area (Å²) in [6, 6.07) is 28.1. The summed E-state index contributed by atoms with van der Waals surface area (Å²) in [7, 11) is 1.55. The number of amides is 2. The topological polar surface area (TPSA) is 93.5 Å². The Morgan fingerprint density at radius 1 is 0.938 bits per heavy atom. The fourth-order valence-electron chi connectivity index (χ4n) is 5.98. The molecule has 0 unspecified atom stereocenters. The van der Waals surface area contributed by atoms with Crippen molar-refractivity contribution in [3.05, 3.63) is 142 Å². The van der Waals surface area contributed by atoms with Crippen LogP contribution in [0, 0.1) is 12.7 Å². The van der Waals surface area contributed by atoms with Gasteiger partial charge < -0.3 is 19.8 Å². The molecule has 240 valence electrons. The monoisotopic (exact) mass is 659 g/mol. The molecule has 0 bridgehead atoms. The Morgan fingerprint density at radius 3 is 2.40 bits per heavy atom. The Bertz CT molecular complexity index is 2180.